The lowest BCUT2D eigenvalue weighted by Gasteiger charge is -2.44. The van der Waals surface area contributed by atoms with E-state index in [2.05, 4.69) is 113 Å². The molecular formula is C31H31N. The van der Waals surface area contributed by atoms with Crippen molar-refractivity contribution in [2.45, 2.75) is 51.9 Å². The number of benzene rings is 3. The van der Waals surface area contributed by atoms with Gasteiger partial charge in [-0.05, 0) is 60.9 Å². The SMILES string of the molecule is CCC1c2ccccc2-c2ccc(cn2)-c2ccccc2C1(CC)c1cc(C)cc(C)c1. The second-order valence-electron chi connectivity index (χ2n) is 9.23. The van der Waals surface area contributed by atoms with Crippen molar-refractivity contribution >= 4 is 0 Å². The fourth-order valence-corrected chi connectivity index (χ4v) is 6.12. The molecule has 1 aliphatic carbocycles. The summed E-state index contributed by atoms with van der Waals surface area (Å²) in [4.78, 5) is 4.90. The number of fused-ring (bicyclic) bond motifs is 3. The summed E-state index contributed by atoms with van der Waals surface area (Å²) < 4.78 is 0. The van der Waals surface area contributed by atoms with Crippen molar-refractivity contribution in [3.8, 4) is 22.4 Å². The molecule has 0 saturated carbocycles. The Morgan fingerprint density at radius 1 is 0.781 bits per heavy atom. The molecule has 1 nitrogen and oxygen atoms in total. The van der Waals surface area contributed by atoms with Crippen LogP contribution in [-0.4, -0.2) is 4.98 Å². The predicted octanol–water partition coefficient (Wildman–Crippen LogP) is 8.24. The molecule has 2 heterocycles. The van der Waals surface area contributed by atoms with Gasteiger partial charge in [-0.1, -0.05) is 97.8 Å². The number of nitrogens with zero attached hydrogens (tertiary/aromatic N) is 1. The summed E-state index contributed by atoms with van der Waals surface area (Å²) >= 11 is 0. The van der Waals surface area contributed by atoms with E-state index in [1.807, 2.05) is 0 Å². The molecule has 2 aliphatic rings. The Balaban J connectivity index is 1.97. The third-order valence-corrected chi connectivity index (χ3v) is 7.39. The zero-order valence-electron chi connectivity index (χ0n) is 19.5. The van der Waals surface area contributed by atoms with Gasteiger partial charge >= 0.3 is 0 Å². The van der Waals surface area contributed by atoms with Gasteiger partial charge in [0.25, 0.3) is 0 Å². The Kier molecular flexibility index (Phi) is 5.21. The van der Waals surface area contributed by atoms with E-state index in [0.29, 0.717) is 5.92 Å². The molecule has 160 valence electrons. The minimum atomic E-state index is -0.134. The Bertz CT molecular complexity index is 1250. The predicted molar refractivity (Wildman–Crippen MR) is 135 cm³/mol. The first-order chi connectivity index (χ1) is 15.6. The normalized spacial score (nSPS) is 19.3. The first-order valence-corrected chi connectivity index (χ1v) is 11.8. The molecule has 3 aromatic carbocycles. The third kappa shape index (κ3) is 3.11. The highest BCUT2D eigenvalue weighted by molar-refractivity contribution is 5.75. The van der Waals surface area contributed by atoms with Gasteiger partial charge in [-0.2, -0.15) is 0 Å². The molecule has 0 N–H and O–H groups in total. The van der Waals surface area contributed by atoms with Crippen LogP contribution >= 0.6 is 0 Å². The van der Waals surface area contributed by atoms with Crippen molar-refractivity contribution in [3.05, 3.63) is 113 Å². The third-order valence-electron chi connectivity index (χ3n) is 7.39. The van der Waals surface area contributed by atoms with Crippen LogP contribution in [0, 0.1) is 13.8 Å². The van der Waals surface area contributed by atoms with Gasteiger partial charge in [-0.3, -0.25) is 4.98 Å². The quantitative estimate of drug-likeness (QED) is 0.327. The van der Waals surface area contributed by atoms with Gasteiger partial charge in [-0.25, -0.2) is 0 Å². The van der Waals surface area contributed by atoms with Crippen LogP contribution in [0.15, 0.2) is 85.1 Å². The molecular weight excluding hydrogens is 386 g/mol. The maximum Gasteiger partial charge on any atom is 0.0705 e. The molecule has 2 bridgehead atoms. The molecule has 0 saturated heterocycles. The van der Waals surface area contributed by atoms with Gasteiger partial charge in [0.05, 0.1) is 5.69 Å². The number of aromatic nitrogens is 1. The van der Waals surface area contributed by atoms with E-state index in [1.54, 1.807) is 0 Å². The van der Waals surface area contributed by atoms with Gasteiger partial charge in [-0.15, -0.1) is 0 Å². The molecule has 4 aromatic rings. The maximum atomic E-state index is 4.90. The fourth-order valence-electron chi connectivity index (χ4n) is 6.12. The van der Waals surface area contributed by atoms with E-state index in [-0.39, 0.29) is 5.41 Å². The summed E-state index contributed by atoms with van der Waals surface area (Å²) in [5.41, 5.74) is 11.6. The zero-order valence-corrected chi connectivity index (χ0v) is 19.5. The number of rotatable bonds is 3. The van der Waals surface area contributed by atoms with E-state index in [1.165, 1.54) is 44.5 Å². The van der Waals surface area contributed by atoms with Crippen LogP contribution in [0.5, 0.6) is 0 Å². The Morgan fingerprint density at radius 3 is 2.12 bits per heavy atom. The molecule has 2 atom stereocenters. The first-order valence-electron chi connectivity index (χ1n) is 11.8. The topological polar surface area (TPSA) is 12.9 Å². The van der Waals surface area contributed by atoms with Crippen LogP contribution < -0.4 is 0 Å². The average Bonchev–Trinajstić information content (AvgIpc) is 2.82. The number of pyridine rings is 1. The molecule has 2 unspecified atom stereocenters. The van der Waals surface area contributed by atoms with Gasteiger partial charge in [0.15, 0.2) is 0 Å². The lowest BCUT2D eigenvalue weighted by Crippen LogP contribution is -2.36. The van der Waals surface area contributed by atoms with E-state index in [9.17, 15) is 0 Å². The number of aryl methyl sites for hydroxylation is 2. The summed E-state index contributed by atoms with van der Waals surface area (Å²) in [5.74, 6) is 0.335. The molecule has 32 heavy (non-hydrogen) atoms. The van der Waals surface area contributed by atoms with Crippen LogP contribution in [-0.2, 0) is 5.41 Å². The molecule has 1 aromatic heterocycles. The summed E-state index contributed by atoms with van der Waals surface area (Å²) in [6.07, 6.45) is 4.14. The number of hydrogen-bond acceptors (Lipinski definition) is 1. The highest BCUT2D eigenvalue weighted by Crippen LogP contribution is 2.53. The Hall–Kier alpha value is -3.19. The van der Waals surface area contributed by atoms with Gasteiger partial charge < -0.3 is 0 Å². The smallest absolute Gasteiger partial charge is 0.0705 e. The largest absolute Gasteiger partial charge is 0.256 e. The minimum Gasteiger partial charge on any atom is -0.256 e. The van der Waals surface area contributed by atoms with E-state index >= 15 is 0 Å². The van der Waals surface area contributed by atoms with E-state index in [0.717, 1.165) is 18.5 Å². The second-order valence-corrected chi connectivity index (χ2v) is 9.23. The van der Waals surface area contributed by atoms with Crippen LogP contribution in [0.2, 0.25) is 0 Å². The van der Waals surface area contributed by atoms with Gasteiger partial charge in [0.1, 0.15) is 0 Å². The molecule has 1 heteroatoms. The Morgan fingerprint density at radius 2 is 1.47 bits per heavy atom. The first kappa shape index (κ1) is 20.7. The summed E-state index contributed by atoms with van der Waals surface area (Å²) in [6.45, 7) is 9.16. The molecule has 1 aliphatic heterocycles. The van der Waals surface area contributed by atoms with Crippen LogP contribution in [0.4, 0.5) is 0 Å². The molecule has 0 amide bonds. The molecule has 6 rings (SSSR count). The Labute approximate surface area is 192 Å². The monoisotopic (exact) mass is 417 g/mol. The highest BCUT2D eigenvalue weighted by Gasteiger charge is 2.43. The van der Waals surface area contributed by atoms with Gasteiger partial charge in [0, 0.05) is 22.7 Å². The zero-order chi connectivity index (χ0) is 22.3. The minimum absolute atomic E-state index is 0.134. The summed E-state index contributed by atoms with van der Waals surface area (Å²) in [7, 11) is 0. The van der Waals surface area contributed by atoms with E-state index < -0.39 is 0 Å². The fraction of sp³-hybridized carbons (Fsp3) is 0.258. The van der Waals surface area contributed by atoms with Crippen molar-refractivity contribution in [2.75, 3.05) is 0 Å². The van der Waals surface area contributed by atoms with Crippen molar-refractivity contribution in [1.82, 2.24) is 4.98 Å². The lowest BCUT2D eigenvalue weighted by molar-refractivity contribution is 0.386. The highest BCUT2D eigenvalue weighted by atomic mass is 14.7. The van der Waals surface area contributed by atoms with Crippen LogP contribution in [0.25, 0.3) is 22.4 Å². The maximum absolute atomic E-state index is 4.90. The number of hydrogen-bond donors (Lipinski definition) is 0. The average molecular weight is 418 g/mol. The van der Waals surface area contributed by atoms with Crippen LogP contribution in [0.1, 0.15) is 60.4 Å². The van der Waals surface area contributed by atoms with Crippen molar-refractivity contribution < 1.29 is 0 Å². The van der Waals surface area contributed by atoms with Crippen molar-refractivity contribution in [1.29, 1.82) is 0 Å². The van der Waals surface area contributed by atoms with E-state index in [4.69, 9.17) is 4.98 Å². The second kappa shape index (κ2) is 8.06. The van der Waals surface area contributed by atoms with Crippen molar-refractivity contribution in [3.63, 3.8) is 0 Å². The summed E-state index contributed by atoms with van der Waals surface area (Å²) in [6, 6.07) is 29.5. The summed E-state index contributed by atoms with van der Waals surface area (Å²) in [5, 5.41) is 0. The van der Waals surface area contributed by atoms with Gasteiger partial charge in [0.2, 0.25) is 0 Å². The molecule has 0 spiro atoms. The standard InChI is InChI=1S/C31H31N/c1-5-28-26-12-7-8-13-27(26)30-16-15-23(20-32-30)25-11-9-10-14-29(25)31(28,6-2)24-18-21(3)17-22(4)19-24/h7-20,28H,5-6H2,1-4H3. The van der Waals surface area contributed by atoms with Crippen molar-refractivity contribution in [2.24, 2.45) is 0 Å². The molecule has 0 radical (unpaired) electrons. The lowest BCUT2D eigenvalue weighted by atomic mass is 9.59. The molecule has 0 fully saturated rings. The van der Waals surface area contributed by atoms with Crippen LogP contribution in [0.3, 0.4) is 0 Å².